The van der Waals surface area contributed by atoms with Gasteiger partial charge in [0.25, 0.3) is 17.4 Å². The lowest BCUT2D eigenvalue weighted by Crippen LogP contribution is -2.38. The maximum absolute atomic E-state index is 13.0. The maximum atomic E-state index is 13.0. The zero-order valence-corrected chi connectivity index (χ0v) is 19.5. The number of carbonyl (C=O) groups excluding carboxylic acids is 1. The van der Waals surface area contributed by atoms with E-state index in [1.807, 2.05) is 30.3 Å². The largest absolute Gasteiger partial charge is 0.481 e. The summed E-state index contributed by atoms with van der Waals surface area (Å²) in [4.78, 5) is 34.8. The Kier molecular flexibility index (Phi) is 10.2. The van der Waals surface area contributed by atoms with Gasteiger partial charge in [-0.2, -0.15) is 0 Å². The number of nitrogens with zero attached hydrogens (tertiary/aromatic N) is 1. The lowest BCUT2D eigenvalue weighted by atomic mass is 10.1. The lowest BCUT2D eigenvalue weighted by Gasteiger charge is -2.20. The number of nitrogen functional groups attached to an aromatic ring is 1. The number of para-hydroxylation sites is 1. The number of hydrogen-bond acceptors (Lipinski definition) is 6. The number of benzene rings is 2. The fraction of sp³-hybridized carbons (Fsp3) is 0.200. The number of rotatable bonds is 9. The maximum Gasteiger partial charge on any atom is 0.300 e. The molecule has 0 aliphatic carbocycles. The quantitative estimate of drug-likeness (QED) is 0.233. The summed E-state index contributed by atoms with van der Waals surface area (Å²) < 4.78 is 6.86. The monoisotopic (exact) mass is 479 g/mol. The van der Waals surface area contributed by atoms with E-state index in [2.05, 4.69) is 10.6 Å². The molecule has 10 nitrogen and oxygen atoms in total. The van der Waals surface area contributed by atoms with E-state index in [1.165, 1.54) is 10.8 Å². The van der Waals surface area contributed by atoms with Gasteiger partial charge in [0.15, 0.2) is 0 Å². The van der Waals surface area contributed by atoms with Crippen LogP contribution in [-0.4, -0.2) is 34.0 Å². The summed E-state index contributed by atoms with van der Waals surface area (Å²) in [6.07, 6.45) is 0.423. The van der Waals surface area contributed by atoms with Crippen LogP contribution < -0.4 is 21.9 Å². The van der Waals surface area contributed by atoms with Gasteiger partial charge in [-0.1, -0.05) is 42.5 Å². The first-order chi connectivity index (χ1) is 16.7. The molecule has 1 aromatic heterocycles. The molecule has 1 unspecified atom stereocenters. The molecule has 6 N–H and O–H groups in total. The Morgan fingerprint density at radius 2 is 1.71 bits per heavy atom. The van der Waals surface area contributed by atoms with Crippen molar-refractivity contribution in [2.45, 2.75) is 26.6 Å². The van der Waals surface area contributed by atoms with Crippen LogP contribution in [0.25, 0.3) is 0 Å². The number of carbonyl (C=O) groups is 2. The molecule has 1 heterocycles. The van der Waals surface area contributed by atoms with E-state index in [1.54, 1.807) is 43.3 Å². The highest BCUT2D eigenvalue weighted by molar-refractivity contribution is 5.94. The molecule has 1 amide bonds. The first-order valence-corrected chi connectivity index (χ1v) is 10.8. The van der Waals surface area contributed by atoms with Gasteiger partial charge in [-0.05, 0) is 36.8 Å². The van der Waals surface area contributed by atoms with Crippen molar-refractivity contribution in [1.82, 2.24) is 9.88 Å². The number of carboxylic acids is 1. The van der Waals surface area contributed by atoms with Gasteiger partial charge in [0, 0.05) is 37.5 Å². The Morgan fingerprint density at radius 3 is 2.29 bits per heavy atom. The van der Waals surface area contributed by atoms with E-state index in [0.29, 0.717) is 11.3 Å². The van der Waals surface area contributed by atoms with Crippen LogP contribution in [0.4, 0.5) is 11.4 Å². The van der Waals surface area contributed by atoms with E-state index in [0.717, 1.165) is 18.2 Å². The molecule has 0 radical (unpaired) electrons. The molecule has 1 atom stereocenters. The second kappa shape index (κ2) is 13.3. The number of hydrogen-bond donors (Lipinski definition) is 5. The third kappa shape index (κ3) is 8.45. The smallest absolute Gasteiger partial charge is 0.300 e. The highest BCUT2D eigenvalue weighted by atomic mass is 16.5. The number of nitrogens with one attached hydrogen (secondary N) is 3. The van der Waals surface area contributed by atoms with E-state index in [-0.39, 0.29) is 24.5 Å². The highest BCUT2D eigenvalue weighted by Crippen LogP contribution is 2.14. The van der Waals surface area contributed by atoms with Crippen molar-refractivity contribution < 1.29 is 19.4 Å². The van der Waals surface area contributed by atoms with Crippen molar-refractivity contribution in [3.63, 3.8) is 0 Å². The zero-order chi connectivity index (χ0) is 25.8. The standard InChI is InChI=1S/C23H25N5O3.C2H4O2/c1-2-31-23(21(29)26-15-16-10-12-17(13-11-16)20(24)25)28-14-6-9-19(22(28)30)27-18-7-4-3-5-8-18;1-2(3)4/h3-14,23,27H,2,15H2,1H3,(H3,24,25)(H,26,29);1H3,(H,3,4). The fourth-order valence-corrected chi connectivity index (χ4v) is 2.99. The van der Waals surface area contributed by atoms with Crippen LogP contribution in [0, 0.1) is 5.41 Å². The van der Waals surface area contributed by atoms with Crippen LogP contribution >= 0.6 is 0 Å². The molecular formula is C25H29N5O5. The first kappa shape index (κ1) is 26.8. The number of aromatic nitrogens is 1. The van der Waals surface area contributed by atoms with Crippen LogP contribution in [0.3, 0.4) is 0 Å². The summed E-state index contributed by atoms with van der Waals surface area (Å²) in [5.41, 5.74) is 7.64. The molecule has 10 heteroatoms. The van der Waals surface area contributed by atoms with E-state index < -0.39 is 18.1 Å². The molecule has 0 saturated carbocycles. The molecule has 0 fully saturated rings. The second-order valence-corrected chi connectivity index (χ2v) is 7.28. The number of ether oxygens (including phenoxy) is 1. The number of aliphatic carboxylic acids is 1. The van der Waals surface area contributed by atoms with Gasteiger partial charge in [0.05, 0.1) is 0 Å². The number of amidine groups is 1. The molecule has 35 heavy (non-hydrogen) atoms. The molecule has 0 spiro atoms. The van der Waals surface area contributed by atoms with Gasteiger partial charge in [-0.3, -0.25) is 24.4 Å². The lowest BCUT2D eigenvalue weighted by molar-refractivity contribution is -0.139. The predicted octanol–water partition coefficient (Wildman–Crippen LogP) is 2.82. The van der Waals surface area contributed by atoms with Crippen molar-refractivity contribution in [1.29, 1.82) is 5.41 Å². The molecule has 0 aliphatic rings. The summed E-state index contributed by atoms with van der Waals surface area (Å²) in [5.74, 6) is -1.29. The van der Waals surface area contributed by atoms with Crippen molar-refractivity contribution >= 4 is 29.1 Å². The van der Waals surface area contributed by atoms with Crippen LogP contribution in [0.15, 0.2) is 77.7 Å². The molecule has 0 saturated heterocycles. The summed E-state index contributed by atoms with van der Waals surface area (Å²) in [6, 6.07) is 19.6. The predicted molar refractivity (Wildman–Crippen MR) is 134 cm³/mol. The van der Waals surface area contributed by atoms with Crippen molar-refractivity contribution in [3.8, 4) is 0 Å². The minimum Gasteiger partial charge on any atom is -0.481 e. The Bertz CT molecular complexity index is 1190. The van der Waals surface area contributed by atoms with Gasteiger partial charge in [0.2, 0.25) is 6.23 Å². The third-order valence-corrected chi connectivity index (χ3v) is 4.56. The van der Waals surface area contributed by atoms with Crippen LogP contribution in [0.5, 0.6) is 0 Å². The number of carboxylic acid groups (broad SMARTS) is 1. The summed E-state index contributed by atoms with van der Waals surface area (Å²) in [5, 5.41) is 20.7. The normalized spacial score (nSPS) is 10.9. The zero-order valence-electron chi connectivity index (χ0n) is 19.5. The molecule has 0 bridgehead atoms. The average Bonchev–Trinajstić information content (AvgIpc) is 2.83. The van der Waals surface area contributed by atoms with Gasteiger partial charge in [0.1, 0.15) is 11.5 Å². The Hall–Kier alpha value is -4.44. The summed E-state index contributed by atoms with van der Waals surface area (Å²) in [7, 11) is 0. The molecular weight excluding hydrogens is 450 g/mol. The van der Waals surface area contributed by atoms with Gasteiger partial charge >= 0.3 is 0 Å². The Labute approximate surface area is 202 Å². The average molecular weight is 480 g/mol. The number of anilines is 2. The third-order valence-electron chi connectivity index (χ3n) is 4.56. The topological polar surface area (TPSA) is 160 Å². The van der Waals surface area contributed by atoms with Gasteiger partial charge in [-0.25, -0.2) is 0 Å². The minimum atomic E-state index is -1.11. The van der Waals surface area contributed by atoms with Crippen molar-refractivity contribution in [3.05, 3.63) is 94.4 Å². The first-order valence-electron chi connectivity index (χ1n) is 10.8. The van der Waals surface area contributed by atoms with E-state index >= 15 is 0 Å². The number of pyridine rings is 1. The molecule has 3 rings (SSSR count). The van der Waals surface area contributed by atoms with Crippen LogP contribution in [-0.2, 0) is 20.9 Å². The summed E-state index contributed by atoms with van der Waals surface area (Å²) in [6.45, 7) is 3.35. The van der Waals surface area contributed by atoms with Crippen molar-refractivity contribution in [2.75, 3.05) is 11.9 Å². The summed E-state index contributed by atoms with van der Waals surface area (Å²) >= 11 is 0. The molecule has 184 valence electrons. The molecule has 0 aliphatic heterocycles. The number of nitrogens with two attached hydrogens (primary N) is 1. The van der Waals surface area contributed by atoms with Crippen molar-refractivity contribution in [2.24, 2.45) is 5.73 Å². The Balaban J connectivity index is 0.00000100. The molecule has 2 aromatic carbocycles. The number of amides is 1. The highest BCUT2D eigenvalue weighted by Gasteiger charge is 2.22. The van der Waals surface area contributed by atoms with E-state index in [4.69, 9.17) is 25.8 Å². The molecule has 3 aromatic rings. The van der Waals surface area contributed by atoms with Gasteiger partial charge < -0.3 is 26.2 Å². The van der Waals surface area contributed by atoms with Gasteiger partial charge in [-0.15, -0.1) is 0 Å². The second-order valence-electron chi connectivity index (χ2n) is 7.28. The Morgan fingerprint density at radius 1 is 1.09 bits per heavy atom. The minimum absolute atomic E-state index is 0.0182. The van der Waals surface area contributed by atoms with Crippen LogP contribution in [0.2, 0.25) is 0 Å². The fourth-order valence-electron chi connectivity index (χ4n) is 2.99. The SMILES string of the molecule is CC(=O)O.CCOC(C(=O)NCc1ccc(C(=N)N)cc1)n1cccc(Nc2ccccc2)c1=O. The van der Waals surface area contributed by atoms with E-state index in [9.17, 15) is 9.59 Å². The van der Waals surface area contributed by atoms with Crippen LogP contribution in [0.1, 0.15) is 31.2 Å².